The number of hydrogen-bond donors (Lipinski definition) is 1. The minimum absolute atomic E-state index is 0.0518. The summed E-state index contributed by atoms with van der Waals surface area (Å²) in [5.41, 5.74) is 7.47. The number of piperidine rings is 1. The number of aliphatic imine (C=N–C) groups is 1. The standard InChI is InChI=1S/C17H22N2O2.3C2H6/c1-10-9-14-15(12(3)11(10)2)17(13(4)18-14)5-7-19(8-6-17)16(20)21;3*1-2/h9H,5-8H2,1-4H3,(H,20,21);3*1-2H3. The normalized spacial score (nSPS) is 15.9. The van der Waals surface area contributed by atoms with Crippen LogP contribution in [0.3, 0.4) is 0 Å². The lowest BCUT2D eigenvalue weighted by Crippen LogP contribution is -2.47. The molecule has 1 fully saturated rings. The Balaban J connectivity index is 0.00000103. The van der Waals surface area contributed by atoms with Gasteiger partial charge in [0.1, 0.15) is 0 Å². The number of nitrogens with zero attached hydrogens (tertiary/aromatic N) is 2. The van der Waals surface area contributed by atoms with E-state index < -0.39 is 6.09 Å². The van der Waals surface area contributed by atoms with Crippen molar-refractivity contribution in [1.82, 2.24) is 4.90 Å². The van der Waals surface area contributed by atoms with E-state index in [1.54, 1.807) is 0 Å². The molecular weight excluding hydrogens is 336 g/mol. The number of amides is 1. The molecule has 1 saturated heterocycles. The number of benzene rings is 1. The van der Waals surface area contributed by atoms with Crippen molar-refractivity contribution in [3.05, 3.63) is 28.3 Å². The fraction of sp³-hybridized carbons (Fsp3) is 0.652. The van der Waals surface area contributed by atoms with Gasteiger partial charge < -0.3 is 10.0 Å². The number of likely N-dealkylation sites (tertiary alicyclic amines) is 1. The van der Waals surface area contributed by atoms with Crippen LogP contribution in [0.4, 0.5) is 10.5 Å². The predicted octanol–water partition coefficient (Wildman–Crippen LogP) is 6.81. The maximum atomic E-state index is 11.1. The van der Waals surface area contributed by atoms with Crippen LogP contribution in [-0.2, 0) is 5.41 Å². The quantitative estimate of drug-likeness (QED) is 0.541. The van der Waals surface area contributed by atoms with Crippen LogP contribution in [0.1, 0.15) is 83.6 Å². The minimum atomic E-state index is -0.811. The second kappa shape index (κ2) is 11.1. The van der Waals surface area contributed by atoms with Crippen molar-refractivity contribution in [2.24, 2.45) is 4.99 Å². The van der Waals surface area contributed by atoms with Gasteiger partial charge in [-0.25, -0.2) is 4.79 Å². The maximum absolute atomic E-state index is 11.1. The van der Waals surface area contributed by atoms with Gasteiger partial charge in [0.25, 0.3) is 0 Å². The highest BCUT2D eigenvalue weighted by Crippen LogP contribution is 2.49. The fourth-order valence-electron chi connectivity index (χ4n) is 3.91. The minimum Gasteiger partial charge on any atom is -0.465 e. The molecule has 2 heterocycles. The van der Waals surface area contributed by atoms with Crippen molar-refractivity contribution < 1.29 is 9.90 Å². The van der Waals surface area contributed by atoms with Crippen molar-refractivity contribution in [2.45, 2.75) is 87.5 Å². The second-order valence-corrected chi connectivity index (χ2v) is 6.39. The van der Waals surface area contributed by atoms with Crippen LogP contribution in [0.25, 0.3) is 0 Å². The summed E-state index contributed by atoms with van der Waals surface area (Å²) in [4.78, 5) is 17.5. The van der Waals surface area contributed by atoms with Crippen LogP contribution in [0.2, 0.25) is 0 Å². The molecule has 2 aliphatic heterocycles. The van der Waals surface area contributed by atoms with Crippen LogP contribution >= 0.6 is 0 Å². The zero-order chi connectivity index (χ0) is 21.4. The largest absolute Gasteiger partial charge is 0.465 e. The summed E-state index contributed by atoms with van der Waals surface area (Å²) in [6.45, 7) is 21.8. The molecule has 0 unspecified atom stereocenters. The van der Waals surface area contributed by atoms with Gasteiger partial charge in [-0.05, 0) is 68.9 Å². The van der Waals surface area contributed by atoms with E-state index in [2.05, 4.69) is 33.8 Å². The molecule has 1 aromatic rings. The Morgan fingerprint density at radius 3 is 1.89 bits per heavy atom. The number of carboxylic acid groups (broad SMARTS) is 1. The van der Waals surface area contributed by atoms with Crippen molar-refractivity contribution in [2.75, 3.05) is 13.1 Å². The third-order valence-corrected chi connectivity index (χ3v) is 5.49. The van der Waals surface area contributed by atoms with Crippen LogP contribution in [0, 0.1) is 20.8 Å². The Labute approximate surface area is 166 Å². The monoisotopic (exact) mass is 376 g/mol. The van der Waals surface area contributed by atoms with E-state index in [-0.39, 0.29) is 5.41 Å². The van der Waals surface area contributed by atoms with E-state index in [9.17, 15) is 4.79 Å². The lowest BCUT2D eigenvalue weighted by Gasteiger charge is -2.40. The molecule has 0 aromatic heterocycles. The maximum Gasteiger partial charge on any atom is 0.407 e. The molecule has 0 aliphatic carbocycles. The van der Waals surface area contributed by atoms with Crippen molar-refractivity contribution >= 4 is 17.5 Å². The highest BCUT2D eigenvalue weighted by atomic mass is 16.4. The molecular formula is C23H40N2O2. The SMILES string of the molecule is CC.CC.CC.CC1=Nc2cc(C)c(C)c(C)c2C12CCN(C(=O)O)CC2. The van der Waals surface area contributed by atoms with Crippen molar-refractivity contribution in [3.63, 3.8) is 0 Å². The third-order valence-electron chi connectivity index (χ3n) is 5.49. The van der Waals surface area contributed by atoms with E-state index in [0.29, 0.717) is 13.1 Å². The Morgan fingerprint density at radius 2 is 1.44 bits per heavy atom. The molecule has 1 spiro atoms. The molecule has 3 rings (SSSR count). The van der Waals surface area contributed by atoms with Crippen molar-refractivity contribution in [1.29, 1.82) is 0 Å². The molecule has 1 aromatic carbocycles. The van der Waals surface area contributed by atoms with Gasteiger partial charge in [-0.15, -0.1) is 0 Å². The molecule has 2 aliphatic rings. The molecule has 0 radical (unpaired) electrons. The van der Waals surface area contributed by atoms with Gasteiger partial charge in [-0.1, -0.05) is 41.5 Å². The molecule has 1 N–H and O–H groups in total. The molecule has 0 saturated carbocycles. The summed E-state index contributed by atoms with van der Waals surface area (Å²) in [6, 6.07) is 2.18. The van der Waals surface area contributed by atoms with Gasteiger partial charge in [0, 0.05) is 24.2 Å². The summed E-state index contributed by atoms with van der Waals surface area (Å²) in [5.74, 6) is 0. The number of hydrogen-bond acceptors (Lipinski definition) is 2. The molecule has 0 atom stereocenters. The third kappa shape index (κ3) is 4.72. The lowest BCUT2D eigenvalue weighted by molar-refractivity contribution is 0.127. The first-order valence-electron chi connectivity index (χ1n) is 10.5. The smallest absolute Gasteiger partial charge is 0.407 e. The Morgan fingerprint density at radius 1 is 0.963 bits per heavy atom. The van der Waals surface area contributed by atoms with Crippen LogP contribution < -0.4 is 0 Å². The molecule has 154 valence electrons. The van der Waals surface area contributed by atoms with Gasteiger partial charge in [-0.2, -0.15) is 0 Å². The zero-order valence-electron chi connectivity index (χ0n) is 19.2. The Bertz CT molecular complexity index is 655. The van der Waals surface area contributed by atoms with Crippen LogP contribution in [-0.4, -0.2) is 34.9 Å². The van der Waals surface area contributed by atoms with E-state index >= 15 is 0 Å². The average Bonchev–Trinajstić information content (AvgIpc) is 2.96. The van der Waals surface area contributed by atoms with Gasteiger partial charge in [0.2, 0.25) is 0 Å². The summed E-state index contributed by atoms with van der Waals surface area (Å²) >= 11 is 0. The summed E-state index contributed by atoms with van der Waals surface area (Å²) < 4.78 is 0. The topological polar surface area (TPSA) is 52.9 Å². The van der Waals surface area contributed by atoms with Crippen LogP contribution in [0.15, 0.2) is 11.1 Å². The Kier molecular flexibility index (Phi) is 10.3. The summed E-state index contributed by atoms with van der Waals surface area (Å²) in [5, 5.41) is 9.16. The van der Waals surface area contributed by atoms with Crippen LogP contribution in [0.5, 0.6) is 0 Å². The molecule has 0 bridgehead atoms. The van der Waals surface area contributed by atoms with Gasteiger partial charge in [0.15, 0.2) is 0 Å². The first-order valence-corrected chi connectivity index (χ1v) is 10.5. The highest BCUT2D eigenvalue weighted by molar-refractivity contribution is 6.01. The highest BCUT2D eigenvalue weighted by Gasteiger charge is 2.45. The molecule has 27 heavy (non-hydrogen) atoms. The van der Waals surface area contributed by atoms with Crippen molar-refractivity contribution in [3.8, 4) is 0 Å². The van der Waals surface area contributed by atoms with Gasteiger partial charge in [0.05, 0.1) is 5.69 Å². The predicted molar refractivity (Wildman–Crippen MR) is 118 cm³/mol. The summed E-state index contributed by atoms with van der Waals surface area (Å²) in [7, 11) is 0. The van der Waals surface area contributed by atoms with E-state index in [0.717, 1.165) is 24.2 Å². The van der Waals surface area contributed by atoms with E-state index in [1.165, 1.54) is 27.2 Å². The van der Waals surface area contributed by atoms with E-state index in [4.69, 9.17) is 10.1 Å². The first kappa shape index (κ1) is 25.2. The van der Waals surface area contributed by atoms with E-state index in [1.807, 2.05) is 41.5 Å². The molecule has 4 nitrogen and oxygen atoms in total. The Hall–Kier alpha value is -1.84. The second-order valence-electron chi connectivity index (χ2n) is 6.39. The first-order chi connectivity index (χ1) is 12.9. The molecule has 4 heteroatoms. The average molecular weight is 377 g/mol. The number of fused-ring (bicyclic) bond motifs is 2. The summed E-state index contributed by atoms with van der Waals surface area (Å²) in [6.07, 6.45) is 0.866. The number of carbonyl (C=O) groups is 1. The van der Waals surface area contributed by atoms with Gasteiger partial charge in [-0.3, -0.25) is 4.99 Å². The zero-order valence-corrected chi connectivity index (χ0v) is 19.2. The lowest BCUT2D eigenvalue weighted by atomic mass is 9.69. The van der Waals surface area contributed by atoms with Gasteiger partial charge >= 0.3 is 6.09 Å². The number of aryl methyl sites for hydroxylation is 1. The molecule has 1 amide bonds. The fourth-order valence-corrected chi connectivity index (χ4v) is 3.91. The number of rotatable bonds is 0.